The highest BCUT2D eigenvalue weighted by molar-refractivity contribution is 5.87. The number of hydrogen-bond acceptors (Lipinski definition) is 4. The van der Waals surface area contributed by atoms with Crippen LogP contribution in [0.3, 0.4) is 0 Å². The molecule has 1 aliphatic heterocycles. The van der Waals surface area contributed by atoms with Crippen LogP contribution in [0.15, 0.2) is 12.1 Å². The van der Waals surface area contributed by atoms with Gasteiger partial charge in [0.1, 0.15) is 0 Å². The number of nitrogens with zero attached hydrogens (tertiary/aromatic N) is 1. The third kappa shape index (κ3) is 2.51. The summed E-state index contributed by atoms with van der Waals surface area (Å²) in [6.07, 6.45) is 0. The second kappa shape index (κ2) is 4.74. The van der Waals surface area contributed by atoms with Gasteiger partial charge in [0, 0.05) is 14.1 Å². The van der Waals surface area contributed by atoms with Crippen molar-refractivity contribution in [3.63, 3.8) is 0 Å². The number of carbonyl (C=O) groups is 1. The van der Waals surface area contributed by atoms with Gasteiger partial charge in [0.05, 0.1) is 5.41 Å². The highest BCUT2D eigenvalue weighted by atomic mass is 16.7. The molecule has 1 aliphatic rings. The van der Waals surface area contributed by atoms with Crippen LogP contribution in [0.2, 0.25) is 0 Å². The maximum absolute atomic E-state index is 12.3. The fraction of sp³-hybridized carbons (Fsp3) is 0.500. The van der Waals surface area contributed by atoms with E-state index in [-0.39, 0.29) is 12.7 Å². The van der Waals surface area contributed by atoms with Crippen molar-refractivity contribution in [1.82, 2.24) is 10.4 Å². The number of amides is 1. The standard InChI is InChI=1S/C14H20N2O3/c1-9-6-11-12(19-8-18-11)7-10(9)14(2,3)13(17)15-16(4)5/h6-7H,8H2,1-5H3,(H,15,17). The first kappa shape index (κ1) is 13.7. The van der Waals surface area contributed by atoms with Gasteiger partial charge >= 0.3 is 0 Å². The second-order valence-corrected chi connectivity index (χ2v) is 5.48. The molecule has 0 radical (unpaired) electrons. The minimum absolute atomic E-state index is 0.0561. The SMILES string of the molecule is Cc1cc2c(cc1C(C)(C)C(=O)NN(C)C)OCO2. The maximum atomic E-state index is 12.3. The lowest BCUT2D eigenvalue weighted by Crippen LogP contribution is -2.46. The molecule has 1 amide bonds. The van der Waals surface area contributed by atoms with Crippen LogP contribution in [-0.4, -0.2) is 31.8 Å². The Kier molecular flexibility index (Phi) is 3.41. The average molecular weight is 264 g/mol. The van der Waals surface area contributed by atoms with Crippen molar-refractivity contribution < 1.29 is 14.3 Å². The first-order valence-corrected chi connectivity index (χ1v) is 6.21. The number of aryl methyl sites for hydroxylation is 1. The number of hydrogen-bond donors (Lipinski definition) is 1. The van der Waals surface area contributed by atoms with E-state index in [9.17, 15) is 4.79 Å². The van der Waals surface area contributed by atoms with E-state index in [4.69, 9.17) is 9.47 Å². The maximum Gasteiger partial charge on any atom is 0.244 e. The van der Waals surface area contributed by atoms with E-state index >= 15 is 0 Å². The quantitative estimate of drug-likeness (QED) is 0.842. The highest BCUT2D eigenvalue weighted by Crippen LogP contribution is 2.38. The Morgan fingerprint density at radius 3 is 2.42 bits per heavy atom. The van der Waals surface area contributed by atoms with Crippen LogP contribution >= 0.6 is 0 Å². The van der Waals surface area contributed by atoms with Gasteiger partial charge in [-0.3, -0.25) is 10.2 Å². The Balaban J connectivity index is 2.37. The van der Waals surface area contributed by atoms with E-state index in [1.165, 1.54) is 0 Å². The number of benzene rings is 1. The van der Waals surface area contributed by atoms with Crippen LogP contribution in [0.25, 0.3) is 0 Å². The van der Waals surface area contributed by atoms with Gasteiger partial charge in [-0.05, 0) is 44.0 Å². The molecular weight excluding hydrogens is 244 g/mol. The monoisotopic (exact) mass is 264 g/mol. The van der Waals surface area contributed by atoms with Gasteiger partial charge in [-0.25, -0.2) is 5.01 Å². The van der Waals surface area contributed by atoms with Crippen molar-refractivity contribution in [3.8, 4) is 11.5 Å². The third-order valence-electron chi connectivity index (χ3n) is 3.29. The molecule has 0 atom stereocenters. The van der Waals surface area contributed by atoms with E-state index in [0.29, 0.717) is 5.75 Å². The van der Waals surface area contributed by atoms with Gasteiger partial charge in [0.2, 0.25) is 12.7 Å². The van der Waals surface area contributed by atoms with Gasteiger partial charge in [0.15, 0.2) is 11.5 Å². The van der Waals surface area contributed by atoms with Crippen molar-refractivity contribution >= 4 is 5.91 Å². The fourth-order valence-corrected chi connectivity index (χ4v) is 2.18. The first-order valence-electron chi connectivity index (χ1n) is 6.21. The molecule has 2 rings (SSSR count). The molecule has 19 heavy (non-hydrogen) atoms. The van der Waals surface area contributed by atoms with E-state index in [1.807, 2.05) is 32.9 Å². The zero-order valence-corrected chi connectivity index (χ0v) is 12.0. The van der Waals surface area contributed by atoms with E-state index in [1.54, 1.807) is 19.1 Å². The Labute approximate surface area is 113 Å². The highest BCUT2D eigenvalue weighted by Gasteiger charge is 2.33. The normalized spacial score (nSPS) is 13.8. The largest absolute Gasteiger partial charge is 0.454 e. The van der Waals surface area contributed by atoms with Crippen LogP contribution in [0.5, 0.6) is 11.5 Å². The zero-order valence-electron chi connectivity index (χ0n) is 12.0. The summed E-state index contributed by atoms with van der Waals surface area (Å²) in [4.78, 5) is 12.3. The molecule has 5 nitrogen and oxygen atoms in total. The Hall–Kier alpha value is -1.75. The zero-order chi connectivity index (χ0) is 14.2. The number of carbonyl (C=O) groups excluding carboxylic acids is 1. The predicted molar refractivity (Wildman–Crippen MR) is 72.2 cm³/mol. The molecular formula is C14H20N2O3. The molecule has 1 aromatic rings. The lowest BCUT2D eigenvalue weighted by atomic mass is 9.81. The smallest absolute Gasteiger partial charge is 0.244 e. The van der Waals surface area contributed by atoms with Gasteiger partial charge in [-0.1, -0.05) is 0 Å². The fourth-order valence-electron chi connectivity index (χ4n) is 2.18. The third-order valence-corrected chi connectivity index (χ3v) is 3.29. The van der Waals surface area contributed by atoms with Crippen LogP contribution in [0.4, 0.5) is 0 Å². The summed E-state index contributed by atoms with van der Waals surface area (Å²) in [5, 5.41) is 1.65. The Bertz CT molecular complexity index is 510. The summed E-state index contributed by atoms with van der Waals surface area (Å²) in [6, 6.07) is 3.81. The molecule has 0 aliphatic carbocycles. The van der Waals surface area contributed by atoms with E-state index in [0.717, 1.165) is 16.9 Å². The molecule has 0 bridgehead atoms. The summed E-state index contributed by atoms with van der Waals surface area (Å²) >= 11 is 0. The van der Waals surface area contributed by atoms with Crippen molar-refractivity contribution in [2.24, 2.45) is 0 Å². The lowest BCUT2D eigenvalue weighted by Gasteiger charge is -2.28. The lowest BCUT2D eigenvalue weighted by molar-refractivity contribution is -0.129. The van der Waals surface area contributed by atoms with Crippen molar-refractivity contribution in [2.45, 2.75) is 26.2 Å². The second-order valence-electron chi connectivity index (χ2n) is 5.48. The molecule has 0 fully saturated rings. The van der Waals surface area contributed by atoms with Crippen molar-refractivity contribution in [2.75, 3.05) is 20.9 Å². The van der Waals surface area contributed by atoms with Crippen LogP contribution in [0.1, 0.15) is 25.0 Å². The van der Waals surface area contributed by atoms with Crippen LogP contribution in [0, 0.1) is 6.92 Å². The average Bonchev–Trinajstić information content (AvgIpc) is 2.73. The number of ether oxygens (including phenoxy) is 2. The topological polar surface area (TPSA) is 50.8 Å². The number of hydrazine groups is 1. The first-order chi connectivity index (χ1) is 8.82. The van der Waals surface area contributed by atoms with E-state index < -0.39 is 5.41 Å². The molecule has 1 heterocycles. The molecule has 0 spiro atoms. The van der Waals surface area contributed by atoms with Crippen molar-refractivity contribution in [1.29, 1.82) is 0 Å². The van der Waals surface area contributed by atoms with Crippen LogP contribution < -0.4 is 14.9 Å². The summed E-state index contributed by atoms with van der Waals surface area (Å²) in [5.41, 5.74) is 4.11. The molecule has 104 valence electrons. The Morgan fingerprint density at radius 1 is 1.26 bits per heavy atom. The summed E-state index contributed by atoms with van der Waals surface area (Å²) in [6.45, 7) is 6.01. The number of rotatable bonds is 3. The van der Waals surface area contributed by atoms with E-state index in [2.05, 4.69) is 5.43 Å². The molecule has 0 aromatic heterocycles. The Morgan fingerprint density at radius 2 is 1.84 bits per heavy atom. The minimum atomic E-state index is -0.644. The number of fused-ring (bicyclic) bond motifs is 1. The predicted octanol–water partition coefficient (Wildman–Crippen LogP) is 1.59. The van der Waals surface area contributed by atoms with Gasteiger partial charge in [-0.2, -0.15) is 0 Å². The molecule has 1 aromatic carbocycles. The molecule has 1 N–H and O–H groups in total. The minimum Gasteiger partial charge on any atom is -0.454 e. The summed E-state index contributed by atoms with van der Waals surface area (Å²) in [7, 11) is 3.58. The van der Waals surface area contributed by atoms with Gasteiger partial charge in [0.25, 0.3) is 0 Å². The molecule has 5 heteroatoms. The summed E-state index contributed by atoms with van der Waals surface area (Å²) in [5.74, 6) is 1.39. The molecule has 0 saturated carbocycles. The summed E-state index contributed by atoms with van der Waals surface area (Å²) < 4.78 is 10.7. The number of nitrogens with one attached hydrogen (secondary N) is 1. The molecule has 0 unspecified atom stereocenters. The van der Waals surface area contributed by atoms with Crippen molar-refractivity contribution in [3.05, 3.63) is 23.3 Å². The van der Waals surface area contributed by atoms with Gasteiger partial charge in [-0.15, -0.1) is 0 Å². The molecule has 0 saturated heterocycles. The van der Waals surface area contributed by atoms with Gasteiger partial charge < -0.3 is 9.47 Å². The van der Waals surface area contributed by atoms with Crippen LogP contribution in [-0.2, 0) is 10.2 Å².